The van der Waals surface area contributed by atoms with E-state index in [-0.39, 0.29) is 17.9 Å². The van der Waals surface area contributed by atoms with Crippen molar-refractivity contribution in [3.63, 3.8) is 0 Å². The first-order valence-corrected chi connectivity index (χ1v) is 5.89. The standard InChI is InChI=1S/C13H14F2N2O4/c1-2-5-9(11(18)19)17-13(20)16-8-6-3-4-7-10(8)21-12(14)15/h2-4,6-7,9,12H,1,5H2,(H,18,19)(H2,16,17,20). The maximum atomic E-state index is 12.2. The van der Waals surface area contributed by atoms with E-state index >= 15 is 0 Å². The number of alkyl halides is 2. The fourth-order valence-corrected chi connectivity index (χ4v) is 1.47. The number of carbonyl (C=O) groups is 2. The fraction of sp³-hybridized carbons (Fsp3) is 0.231. The van der Waals surface area contributed by atoms with Crippen LogP contribution in [0.5, 0.6) is 5.75 Å². The minimum atomic E-state index is -3.04. The number of hydrogen-bond acceptors (Lipinski definition) is 3. The fourth-order valence-electron chi connectivity index (χ4n) is 1.47. The first kappa shape index (κ1) is 16.4. The highest BCUT2D eigenvalue weighted by Crippen LogP contribution is 2.25. The molecule has 21 heavy (non-hydrogen) atoms. The summed E-state index contributed by atoms with van der Waals surface area (Å²) in [5, 5.41) is 13.3. The average Bonchev–Trinajstić information content (AvgIpc) is 2.39. The molecule has 1 aromatic rings. The second-order valence-corrected chi connectivity index (χ2v) is 3.89. The highest BCUT2D eigenvalue weighted by molar-refractivity contribution is 5.93. The Morgan fingerprint density at radius 2 is 2.05 bits per heavy atom. The van der Waals surface area contributed by atoms with Gasteiger partial charge < -0.3 is 20.5 Å². The van der Waals surface area contributed by atoms with Gasteiger partial charge in [0.05, 0.1) is 5.69 Å². The van der Waals surface area contributed by atoms with Gasteiger partial charge in [0.1, 0.15) is 11.8 Å². The van der Waals surface area contributed by atoms with Gasteiger partial charge in [0, 0.05) is 0 Å². The van der Waals surface area contributed by atoms with Gasteiger partial charge in [-0.1, -0.05) is 18.2 Å². The average molecular weight is 300 g/mol. The molecule has 6 nitrogen and oxygen atoms in total. The number of halogens is 2. The summed E-state index contributed by atoms with van der Waals surface area (Å²) in [6.45, 7) is 0.344. The molecule has 8 heteroatoms. The maximum absolute atomic E-state index is 12.2. The Hall–Kier alpha value is -2.64. The van der Waals surface area contributed by atoms with Crippen LogP contribution in [-0.2, 0) is 4.79 Å². The molecule has 1 rings (SSSR count). The van der Waals surface area contributed by atoms with Crippen LogP contribution >= 0.6 is 0 Å². The van der Waals surface area contributed by atoms with Crippen LogP contribution in [0.3, 0.4) is 0 Å². The molecule has 0 heterocycles. The van der Waals surface area contributed by atoms with Crippen molar-refractivity contribution >= 4 is 17.7 Å². The Bertz CT molecular complexity index is 523. The largest absolute Gasteiger partial charge is 0.480 e. The lowest BCUT2D eigenvalue weighted by molar-refractivity contribution is -0.139. The molecule has 0 aromatic heterocycles. The minimum Gasteiger partial charge on any atom is -0.480 e. The third-order valence-electron chi connectivity index (χ3n) is 2.36. The van der Waals surface area contributed by atoms with Crippen molar-refractivity contribution in [2.45, 2.75) is 19.1 Å². The number of nitrogens with one attached hydrogen (secondary N) is 2. The number of carbonyl (C=O) groups excluding carboxylic acids is 1. The molecule has 0 saturated heterocycles. The zero-order valence-electron chi connectivity index (χ0n) is 10.9. The molecule has 0 aliphatic carbocycles. The van der Waals surface area contributed by atoms with E-state index in [0.717, 1.165) is 0 Å². The molecule has 1 atom stereocenters. The molecule has 0 aliphatic rings. The van der Waals surface area contributed by atoms with Gasteiger partial charge in [-0.05, 0) is 18.6 Å². The van der Waals surface area contributed by atoms with Crippen molar-refractivity contribution in [2.75, 3.05) is 5.32 Å². The SMILES string of the molecule is C=CCC(NC(=O)Nc1ccccc1OC(F)F)C(=O)O. The minimum absolute atomic E-state index is 0.00181. The Balaban J connectivity index is 2.74. The topological polar surface area (TPSA) is 87.7 Å². The van der Waals surface area contributed by atoms with Crippen molar-refractivity contribution in [3.8, 4) is 5.75 Å². The zero-order valence-corrected chi connectivity index (χ0v) is 10.9. The van der Waals surface area contributed by atoms with E-state index in [1.54, 1.807) is 0 Å². The number of amides is 2. The number of ether oxygens (including phenoxy) is 1. The van der Waals surface area contributed by atoms with Crippen LogP contribution in [0.1, 0.15) is 6.42 Å². The number of aliphatic carboxylic acids is 1. The van der Waals surface area contributed by atoms with Gasteiger partial charge in [0.15, 0.2) is 0 Å². The molecular weight excluding hydrogens is 286 g/mol. The summed E-state index contributed by atoms with van der Waals surface area (Å²) < 4.78 is 28.7. The first-order valence-electron chi connectivity index (χ1n) is 5.89. The predicted octanol–water partition coefficient (Wildman–Crippen LogP) is 2.44. The number of anilines is 1. The van der Waals surface area contributed by atoms with Crippen LogP contribution in [0, 0.1) is 0 Å². The van der Waals surface area contributed by atoms with E-state index in [2.05, 4.69) is 21.9 Å². The van der Waals surface area contributed by atoms with Crippen LogP contribution in [0.4, 0.5) is 19.3 Å². The zero-order chi connectivity index (χ0) is 15.8. The highest BCUT2D eigenvalue weighted by Gasteiger charge is 2.19. The molecule has 0 fully saturated rings. The molecule has 0 radical (unpaired) electrons. The van der Waals surface area contributed by atoms with Gasteiger partial charge in [0.25, 0.3) is 0 Å². The van der Waals surface area contributed by atoms with Crippen LogP contribution in [0.25, 0.3) is 0 Å². The van der Waals surface area contributed by atoms with Crippen LogP contribution in [0.2, 0.25) is 0 Å². The number of para-hydroxylation sites is 2. The molecule has 1 unspecified atom stereocenters. The second-order valence-electron chi connectivity index (χ2n) is 3.89. The van der Waals surface area contributed by atoms with Crippen molar-refractivity contribution in [1.82, 2.24) is 5.32 Å². The van der Waals surface area contributed by atoms with Crippen molar-refractivity contribution in [2.24, 2.45) is 0 Å². The lowest BCUT2D eigenvalue weighted by Crippen LogP contribution is -2.42. The Morgan fingerprint density at radius 3 is 2.62 bits per heavy atom. The Kier molecular flexibility index (Phi) is 6.12. The monoisotopic (exact) mass is 300 g/mol. The molecule has 1 aromatic carbocycles. The van der Waals surface area contributed by atoms with E-state index in [1.165, 1.54) is 30.3 Å². The van der Waals surface area contributed by atoms with E-state index in [4.69, 9.17) is 5.11 Å². The van der Waals surface area contributed by atoms with Crippen LogP contribution in [-0.4, -0.2) is 29.8 Å². The Morgan fingerprint density at radius 1 is 1.38 bits per heavy atom. The van der Waals surface area contributed by atoms with E-state index in [0.29, 0.717) is 0 Å². The molecule has 0 saturated carbocycles. The van der Waals surface area contributed by atoms with Crippen molar-refractivity contribution in [3.05, 3.63) is 36.9 Å². The van der Waals surface area contributed by atoms with Gasteiger partial charge >= 0.3 is 18.6 Å². The third kappa shape index (κ3) is 5.47. The summed E-state index contributed by atoms with van der Waals surface area (Å²) in [6, 6.07) is 3.55. The number of urea groups is 1. The maximum Gasteiger partial charge on any atom is 0.387 e. The summed E-state index contributed by atoms with van der Waals surface area (Å²) >= 11 is 0. The lowest BCUT2D eigenvalue weighted by atomic mass is 10.2. The highest BCUT2D eigenvalue weighted by atomic mass is 19.3. The first-order chi connectivity index (χ1) is 9.93. The van der Waals surface area contributed by atoms with E-state index in [1.807, 2.05) is 0 Å². The van der Waals surface area contributed by atoms with Gasteiger partial charge in [0.2, 0.25) is 0 Å². The summed E-state index contributed by atoms with van der Waals surface area (Å²) in [4.78, 5) is 22.6. The van der Waals surface area contributed by atoms with E-state index in [9.17, 15) is 18.4 Å². The molecule has 0 bridgehead atoms. The normalized spacial score (nSPS) is 11.6. The van der Waals surface area contributed by atoms with Crippen molar-refractivity contribution < 1.29 is 28.2 Å². The summed E-state index contributed by atoms with van der Waals surface area (Å²) in [5.74, 6) is -1.46. The molecule has 0 spiro atoms. The molecular formula is C13H14F2N2O4. The smallest absolute Gasteiger partial charge is 0.387 e. The van der Waals surface area contributed by atoms with Crippen LogP contribution < -0.4 is 15.4 Å². The molecule has 114 valence electrons. The lowest BCUT2D eigenvalue weighted by Gasteiger charge is -2.15. The number of hydrogen-bond donors (Lipinski definition) is 3. The van der Waals surface area contributed by atoms with Gasteiger partial charge in [-0.2, -0.15) is 8.78 Å². The second kappa shape index (κ2) is 7.83. The quantitative estimate of drug-likeness (QED) is 0.675. The van der Waals surface area contributed by atoms with Gasteiger partial charge in [-0.25, -0.2) is 9.59 Å². The number of carboxylic acid groups (broad SMARTS) is 1. The van der Waals surface area contributed by atoms with Crippen LogP contribution in [0.15, 0.2) is 36.9 Å². The van der Waals surface area contributed by atoms with Gasteiger partial charge in [-0.15, -0.1) is 6.58 Å². The molecule has 3 N–H and O–H groups in total. The Labute approximate surface area is 119 Å². The summed E-state index contributed by atoms with van der Waals surface area (Å²) in [5.41, 5.74) is -0.00181. The third-order valence-corrected chi connectivity index (χ3v) is 2.36. The summed E-state index contributed by atoms with van der Waals surface area (Å²) in [7, 11) is 0. The number of carboxylic acids is 1. The predicted molar refractivity (Wildman–Crippen MR) is 71.5 cm³/mol. The van der Waals surface area contributed by atoms with Gasteiger partial charge in [-0.3, -0.25) is 0 Å². The molecule has 2 amide bonds. The number of rotatable bonds is 7. The number of benzene rings is 1. The van der Waals surface area contributed by atoms with Crippen molar-refractivity contribution in [1.29, 1.82) is 0 Å². The van der Waals surface area contributed by atoms with E-state index < -0.39 is 24.7 Å². The molecule has 0 aliphatic heterocycles. The summed E-state index contributed by atoms with van der Waals surface area (Å²) in [6.07, 6.45) is 1.37.